The molecule has 5 nitrogen and oxygen atoms in total. The Morgan fingerprint density at radius 3 is 2.61 bits per heavy atom. The van der Waals surface area contributed by atoms with Gasteiger partial charge in [0.05, 0.1) is 23.6 Å². The molecule has 0 fully saturated rings. The second-order valence-electron chi connectivity index (χ2n) is 5.84. The highest BCUT2D eigenvalue weighted by atomic mass is 15.3. The normalized spacial score (nSPS) is 11.1. The maximum atomic E-state index is 4.66. The summed E-state index contributed by atoms with van der Waals surface area (Å²) in [6, 6.07) is 10.4. The van der Waals surface area contributed by atoms with Gasteiger partial charge in [0.15, 0.2) is 0 Å². The molecule has 1 aromatic carbocycles. The maximum Gasteiger partial charge on any atom is 0.0923 e. The molecule has 0 aliphatic heterocycles. The number of likely N-dealkylation sites (N-methyl/N-ethyl adjacent to an activating group) is 1. The number of benzene rings is 1. The minimum absolute atomic E-state index is 0.885. The third kappa shape index (κ3) is 3.63. The first-order chi connectivity index (χ1) is 11.1. The fraction of sp³-hybridized carbons (Fsp3) is 0.278. The predicted octanol–water partition coefficient (Wildman–Crippen LogP) is 2.88. The predicted molar refractivity (Wildman–Crippen MR) is 92.0 cm³/mol. The van der Waals surface area contributed by atoms with Crippen LogP contribution in [-0.2, 0) is 6.54 Å². The van der Waals surface area contributed by atoms with Crippen LogP contribution in [0.3, 0.4) is 0 Å². The molecule has 0 aliphatic carbocycles. The standard InChI is InChI=1S/C18H21N5/c1-14-18(20-9-8-19-14)16-6-4-5-15(13-16)17-7-10-23(21-17)12-11-22(2)3/h4-10,13H,11-12H2,1-3H3. The van der Waals surface area contributed by atoms with Crippen LogP contribution in [0.4, 0.5) is 0 Å². The Balaban J connectivity index is 1.87. The molecule has 23 heavy (non-hydrogen) atoms. The summed E-state index contributed by atoms with van der Waals surface area (Å²) in [5, 5.41) is 4.66. The van der Waals surface area contributed by atoms with Crippen molar-refractivity contribution in [2.24, 2.45) is 0 Å². The van der Waals surface area contributed by atoms with Gasteiger partial charge in [-0.15, -0.1) is 0 Å². The third-order valence-corrected chi connectivity index (χ3v) is 3.73. The van der Waals surface area contributed by atoms with Crippen LogP contribution in [0.15, 0.2) is 48.9 Å². The van der Waals surface area contributed by atoms with Crippen LogP contribution in [0.25, 0.3) is 22.5 Å². The molecular weight excluding hydrogens is 286 g/mol. The van der Waals surface area contributed by atoms with E-state index < -0.39 is 0 Å². The van der Waals surface area contributed by atoms with E-state index in [9.17, 15) is 0 Å². The molecule has 5 heteroatoms. The summed E-state index contributed by atoms with van der Waals surface area (Å²) < 4.78 is 1.98. The fourth-order valence-electron chi connectivity index (χ4n) is 2.46. The number of aromatic nitrogens is 4. The van der Waals surface area contributed by atoms with Crippen LogP contribution in [0, 0.1) is 6.92 Å². The second kappa shape index (κ2) is 6.71. The van der Waals surface area contributed by atoms with Crippen molar-refractivity contribution in [3.8, 4) is 22.5 Å². The number of rotatable bonds is 5. The van der Waals surface area contributed by atoms with Gasteiger partial charge in [0.2, 0.25) is 0 Å². The second-order valence-corrected chi connectivity index (χ2v) is 5.84. The molecule has 0 saturated heterocycles. The first-order valence-electron chi connectivity index (χ1n) is 7.70. The molecular formula is C18H21N5. The molecule has 0 unspecified atom stereocenters. The van der Waals surface area contributed by atoms with Crippen molar-refractivity contribution in [1.29, 1.82) is 0 Å². The lowest BCUT2D eigenvalue weighted by Gasteiger charge is -2.09. The fourth-order valence-corrected chi connectivity index (χ4v) is 2.46. The average Bonchev–Trinajstić information content (AvgIpc) is 3.02. The van der Waals surface area contributed by atoms with Gasteiger partial charge in [0, 0.05) is 36.3 Å². The van der Waals surface area contributed by atoms with Gasteiger partial charge in [-0.25, -0.2) is 0 Å². The molecule has 2 aromatic heterocycles. The van der Waals surface area contributed by atoms with E-state index in [4.69, 9.17) is 0 Å². The van der Waals surface area contributed by atoms with Crippen LogP contribution in [-0.4, -0.2) is 45.3 Å². The van der Waals surface area contributed by atoms with Crippen LogP contribution in [0.2, 0.25) is 0 Å². The van der Waals surface area contributed by atoms with Gasteiger partial charge >= 0.3 is 0 Å². The van der Waals surface area contributed by atoms with Crippen LogP contribution < -0.4 is 0 Å². The van der Waals surface area contributed by atoms with E-state index in [2.05, 4.69) is 58.3 Å². The lowest BCUT2D eigenvalue weighted by Crippen LogP contribution is -2.18. The van der Waals surface area contributed by atoms with E-state index in [-0.39, 0.29) is 0 Å². The third-order valence-electron chi connectivity index (χ3n) is 3.73. The van der Waals surface area contributed by atoms with Gasteiger partial charge in [-0.3, -0.25) is 14.6 Å². The van der Waals surface area contributed by atoms with Gasteiger partial charge in [0.1, 0.15) is 0 Å². The molecule has 0 N–H and O–H groups in total. The van der Waals surface area contributed by atoms with Crippen molar-refractivity contribution in [3.63, 3.8) is 0 Å². The SMILES string of the molecule is Cc1nccnc1-c1cccc(-c2ccn(CCN(C)C)n2)c1. The van der Waals surface area contributed by atoms with Crippen LogP contribution in [0.1, 0.15) is 5.69 Å². The van der Waals surface area contributed by atoms with E-state index in [1.165, 1.54) is 0 Å². The topological polar surface area (TPSA) is 46.8 Å². The Morgan fingerprint density at radius 1 is 1.04 bits per heavy atom. The molecule has 0 bridgehead atoms. The summed E-state index contributed by atoms with van der Waals surface area (Å²) in [4.78, 5) is 10.9. The molecule has 0 spiro atoms. The van der Waals surface area contributed by atoms with E-state index in [0.29, 0.717) is 0 Å². The van der Waals surface area contributed by atoms with E-state index in [0.717, 1.165) is 41.3 Å². The van der Waals surface area contributed by atoms with Crippen molar-refractivity contribution in [1.82, 2.24) is 24.6 Å². The van der Waals surface area contributed by atoms with Crippen molar-refractivity contribution in [2.75, 3.05) is 20.6 Å². The van der Waals surface area contributed by atoms with E-state index in [1.54, 1.807) is 12.4 Å². The Labute approximate surface area is 136 Å². The molecule has 0 atom stereocenters. The van der Waals surface area contributed by atoms with Crippen LogP contribution >= 0.6 is 0 Å². The molecule has 0 aliphatic rings. The van der Waals surface area contributed by atoms with Crippen molar-refractivity contribution >= 4 is 0 Å². The molecule has 118 valence electrons. The summed E-state index contributed by atoms with van der Waals surface area (Å²) in [7, 11) is 4.13. The highest BCUT2D eigenvalue weighted by Gasteiger charge is 2.08. The first-order valence-corrected chi connectivity index (χ1v) is 7.70. The molecule has 3 rings (SSSR count). The lowest BCUT2D eigenvalue weighted by atomic mass is 10.0. The Kier molecular flexibility index (Phi) is 4.48. The summed E-state index contributed by atoms with van der Waals surface area (Å²) >= 11 is 0. The smallest absolute Gasteiger partial charge is 0.0923 e. The number of nitrogens with zero attached hydrogens (tertiary/aromatic N) is 5. The van der Waals surface area contributed by atoms with E-state index >= 15 is 0 Å². The van der Waals surface area contributed by atoms with Crippen molar-refractivity contribution in [2.45, 2.75) is 13.5 Å². The minimum atomic E-state index is 0.885. The van der Waals surface area contributed by atoms with Gasteiger partial charge in [-0.1, -0.05) is 18.2 Å². The molecule has 0 radical (unpaired) electrons. The zero-order chi connectivity index (χ0) is 16.2. The lowest BCUT2D eigenvalue weighted by molar-refractivity contribution is 0.373. The summed E-state index contributed by atoms with van der Waals surface area (Å²) in [6.07, 6.45) is 5.47. The Bertz CT molecular complexity index is 791. The summed E-state index contributed by atoms with van der Waals surface area (Å²) in [5.74, 6) is 0. The monoisotopic (exact) mass is 307 g/mol. The Morgan fingerprint density at radius 2 is 1.83 bits per heavy atom. The van der Waals surface area contributed by atoms with Crippen molar-refractivity contribution < 1.29 is 0 Å². The molecule has 0 amide bonds. The molecule has 2 heterocycles. The average molecular weight is 307 g/mol. The maximum absolute atomic E-state index is 4.66. The highest BCUT2D eigenvalue weighted by molar-refractivity contribution is 5.70. The summed E-state index contributed by atoms with van der Waals surface area (Å²) in [5.41, 5.74) is 4.99. The largest absolute Gasteiger partial charge is 0.308 e. The summed E-state index contributed by atoms with van der Waals surface area (Å²) in [6.45, 7) is 3.83. The molecule has 3 aromatic rings. The van der Waals surface area contributed by atoms with E-state index in [1.807, 2.05) is 23.9 Å². The first kappa shape index (κ1) is 15.4. The van der Waals surface area contributed by atoms with Gasteiger partial charge in [-0.05, 0) is 33.2 Å². The number of hydrogen-bond donors (Lipinski definition) is 0. The number of aryl methyl sites for hydroxylation is 1. The minimum Gasteiger partial charge on any atom is -0.308 e. The van der Waals surface area contributed by atoms with Crippen molar-refractivity contribution in [3.05, 3.63) is 54.6 Å². The zero-order valence-electron chi connectivity index (χ0n) is 13.8. The van der Waals surface area contributed by atoms with Gasteiger partial charge in [0.25, 0.3) is 0 Å². The number of hydrogen-bond acceptors (Lipinski definition) is 4. The molecule has 0 saturated carbocycles. The van der Waals surface area contributed by atoms with Crippen LogP contribution in [0.5, 0.6) is 0 Å². The quantitative estimate of drug-likeness (QED) is 0.727. The van der Waals surface area contributed by atoms with Gasteiger partial charge < -0.3 is 4.90 Å². The zero-order valence-corrected chi connectivity index (χ0v) is 13.8. The van der Waals surface area contributed by atoms with Gasteiger partial charge in [-0.2, -0.15) is 5.10 Å². The Hall–Kier alpha value is -2.53. The highest BCUT2D eigenvalue weighted by Crippen LogP contribution is 2.25.